The largest absolute Gasteiger partial charge is 0.347 e. The molecule has 0 radical (unpaired) electrons. The van der Waals surface area contributed by atoms with Gasteiger partial charge in [-0.25, -0.2) is 0 Å². The van der Waals surface area contributed by atoms with Crippen molar-refractivity contribution in [2.24, 2.45) is 0 Å². The van der Waals surface area contributed by atoms with E-state index in [2.05, 4.69) is 46.4 Å². The smallest absolute Gasteiger partial charge is 0.261 e. The predicted molar refractivity (Wildman–Crippen MR) is 95.7 cm³/mol. The highest BCUT2D eigenvalue weighted by atomic mass is 79.9. The molecule has 1 heterocycles. The number of carbonyl (C=O) groups excluding carboxylic acids is 1. The van der Waals surface area contributed by atoms with E-state index in [1.54, 1.807) is 11.3 Å². The van der Waals surface area contributed by atoms with Gasteiger partial charge in [0.05, 0.1) is 4.88 Å². The van der Waals surface area contributed by atoms with Gasteiger partial charge >= 0.3 is 0 Å². The Morgan fingerprint density at radius 1 is 1.23 bits per heavy atom. The molecule has 1 aliphatic rings. The lowest BCUT2D eigenvalue weighted by molar-refractivity contribution is 0.0955. The van der Waals surface area contributed by atoms with Crippen LogP contribution in [0.5, 0.6) is 0 Å². The van der Waals surface area contributed by atoms with E-state index in [1.165, 1.54) is 34.4 Å². The maximum absolute atomic E-state index is 12.4. The summed E-state index contributed by atoms with van der Waals surface area (Å²) in [5.74, 6) is 0.0596. The summed E-state index contributed by atoms with van der Waals surface area (Å²) >= 11 is 5.17. The lowest BCUT2D eigenvalue weighted by atomic mass is 9.99. The van der Waals surface area contributed by atoms with Gasteiger partial charge in [-0.2, -0.15) is 0 Å². The zero-order valence-corrected chi connectivity index (χ0v) is 15.1. The van der Waals surface area contributed by atoms with Gasteiger partial charge in [-0.3, -0.25) is 4.79 Å². The number of amides is 1. The average molecular weight is 378 g/mol. The number of thiophene rings is 1. The average Bonchev–Trinajstić information content (AvgIpc) is 2.97. The Labute approximate surface area is 144 Å². The Balaban J connectivity index is 1.68. The van der Waals surface area contributed by atoms with E-state index in [0.29, 0.717) is 6.54 Å². The fourth-order valence-electron chi connectivity index (χ4n) is 2.96. The zero-order valence-electron chi connectivity index (χ0n) is 12.7. The van der Waals surface area contributed by atoms with Gasteiger partial charge in [-0.15, -0.1) is 11.3 Å². The molecule has 1 aromatic heterocycles. The third-order valence-electron chi connectivity index (χ3n) is 4.21. The number of hydrogen-bond donors (Lipinski definition) is 1. The van der Waals surface area contributed by atoms with Crippen molar-refractivity contribution in [2.45, 2.75) is 45.6 Å². The standard InChI is InChI=1S/C18H20BrNOS/c1-2-12-9-15(19)8-7-14(12)11-20-18(21)17-10-13-5-3-4-6-16(13)22-17/h7-10H,2-6,11H2,1H3,(H,20,21). The number of fused-ring (bicyclic) bond motifs is 1. The third-order valence-corrected chi connectivity index (χ3v) is 5.94. The van der Waals surface area contributed by atoms with Crippen LogP contribution in [0, 0.1) is 0 Å². The summed E-state index contributed by atoms with van der Waals surface area (Å²) < 4.78 is 1.09. The van der Waals surface area contributed by atoms with Gasteiger partial charge in [-0.05, 0) is 67.0 Å². The molecular formula is C18H20BrNOS. The van der Waals surface area contributed by atoms with E-state index in [4.69, 9.17) is 0 Å². The third kappa shape index (κ3) is 3.44. The zero-order chi connectivity index (χ0) is 15.5. The molecule has 0 spiro atoms. The molecule has 0 bridgehead atoms. The molecule has 0 saturated carbocycles. The van der Waals surface area contributed by atoms with Crippen molar-refractivity contribution in [1.82, 2.24) is 5.32 Å². The molecule has 0 unspecified atom stereocenters. The molecule has 4 heteroatoms. The van der Waals surface area contributed by atoms with Crippen LogP contribution >= 0.6 is 27.3 Å². The minimum Gasteiger partial charge on any atom is -0.347 e. The number of aryl methyl sites for hydroxylation is 3. The number of carbonyl (C=O) groups is 1. The second kappa shape index (κ2) is 6.97. The van der Waals surface area contributed by atoms with Crippen LogP contribution in [0.4, 0.5) is 0 Å². The lowest BCUT2D eigenvalue weighted by Gasteiger charge is -2.09. The van der Waals surface area contributed by atoms with Crippen molar-refractivity contribution in [2.75, 3.05) is 0 Å². The SMILES string of the molecule is CCc1cc(Br)ccc1CNC(=O)c1cc2c(s1)CCCC2. The predicted octanol–water partition coefficient (Wildman–Crippen LogP) is 4.88. The van der Waals surface area contributed by atoms with Crippen LogP contribution in [0.15, 0.2) is 28.7 Å². The van der Waals surface area contributed by atoms with Crippen LogP contribution in [-0.4, -0.2) is 5.91 Å². The van der Waals surface area contributed by atoms with E-state index < -0.39 is 0 Å². The first kappa shape index (κ1) is 15.8. The molecule has 0 saturated heterocycles. The van der Waals surface area contributed by atoms with Gasteiger partial charge in [0.15, 0.2) is 0 Å². The number of nitrogens with one attached hydrogen (secondary N) is 1. The molecule has 0 atom stereocenters. The van der Waals surface area contributed by atoms with Gasteiger partial charge in [0.2, 0.25) is 0 Å². The van der Waals surface area contributed by atoms with Crippen LogP contribution in [-0.2, 0) is 25.8 Å². The summed E-state index contributed by atoms with van der Waals surface area (Å²) in [6.07, 6.45) is 5.75. The molecule has 3 rings (SSSR count). The molecule has 0 aliphatic heterocycles. The Kier molecular flexibility index (Phi) is 4.99. The summed E-state index contributed by atoms with van der Waals surface area (Å²) in [6.45, 7) is 2.73. The fraction of sp³-hybridized carbons (Fsp3) is 0.389. The quantitative estimate of drug-likeness (QED) is 0.807. The second-order valence-corrected chi connectivity index (χ2v) is 7.77. The van der Waals surface area contributed by atoms with E-state index in [-0.39, 0.29) is 5.91 Å². The molecule has 1 aliphatic carbocycles. The second-order valence-electron chi connectivity index (χ2n) is 5.72. The summed E-state index contributed by atoms with van der Waals surface area (Å²) in [7, 11) is 0. The van der Waals surface area contributed by atoms with Crippen LogP contribution in [0.2, 0.25) is 0 Å². The van der Waals surface area contributed by atoms with Gasteiger partial charge < -0.3 is 5.32 Å². The number of hydrogen-bond acceptors (Lipinski definition) is 2. The molecule has 116 valence electrons. The molecule has 1 aromatic carbocycles. The van der Waals surface area contributed by atoms with Crippen molar-refractivity contribution in [3.05, 3.63) is 55.2 Å². The molecular weight excluding hydrogens is 358 g/mol. The Bertz CT molecular complexity index is 669. The minimum atomic E-state index is 0.0596. The van der Waals surface area contributed by atoms with Crippen molar-refractivity contribution >= 4 is 33.2 Å². The highest BCUT2D eigenvalue weighted by Crippen LogP contribution is 2.29. The van der Waals surface area contributed by atoms with Gasteiger partial charge in [-0.1, -0.05) is 28.9 Å². The highest BCUT2D eigenvalue weighted by Gasteiger charge is 2.17. The fourth-order valence-corrected chi connectivity index (χ4v) is 4.54. The first-order chi connectivity index (χ1) is 10.7. The Hall–Kier alpha value is -1.13. The monoisotopic (exact) mass is 377 g/mol. The van der Waals surface area contributed by atoms with E-state index in [0.717, 1.165) is 28.6 Å². The topological polar surface area (TPSA) is 29.1 Å². The molecule has 2 nitrogen and oxygen atoms in total. The van der Waals surface area contributed by atoms with Crippen LogP contribution < -0.4 is 5.32 Å². The van der Waals surface area contributed by atoms with Crippen molar-refractivity contribution in [1.29, 1.82) is 0 Å². The summed E-state index contributed by atoms with van der Waals surface area (Å²) in [5.41, 5.74) is 3.86. The molecule has 22 heavy (non-hydrogen) atoms. The summed E-state index contributed by atoms with van der Waals surface area (Å²) in [4.78, 5) is 14.7. The number of benzene rings is 1. The highest BCUT2D eigenvalue weighted by molar-refractivity contribution is 9.10. The maximum Gasteiger partial charge on any atom is 0.261 e. The lowest BCUT2D eigenvalue weighted by Crippen LogP contribution is -2.22. The van der Waals surface area contributed by atoms with E-state index in [9.17, 15) is 4.79 Å². The van der Waals surface area contributed by atoms with Crippen LogP contribution in [0.1, 0.15) is 51.0 Å². The number of rotatable bonds is 4. The van der Waals surface area contributed by atoms with E-state index in [1.807, 2.05) is 6.07 Å². The van der Waals surface area contributed by atoms with Gasteiger partial charge in [0.25, 0.3) is 5.91 Å². The van der Waals surface area contributed by atoms with Crippen molar-refractivity contribution in [3.63, 3.8) is 0 Å². The summed E-state index contributed by atoms with van der Waals surface area (Å²) in [5, 5.41) is 3.07. The Morgan fingerprint density at radius 2 is 2.05 bits per heavy atom. The number of halogens is 1. The molecule has 2 aromatic rings. The molecule has 0 fully saturated rings. The van der Waals surface area contributed by atoms with Crippen molar-refractivity contribution < 1.29 is 4.79 Å². The van der Waals surface area contributed by atoms with Crippen LogP contribution in [0.3, 0.4) is 0 Å². The van der Waals surface area contributed by atoms with Crippen LogP contribution in [0.25, 0.3) is 0 Å². The molecule has 1 amide bonds. The summed E-state index contributed by atoms with van der Waals surface area (Å²) in [6, 6.07) is 8.34. The normalized spacial score (nSPS) is 13.7. The minimum absolute atomic E-state index is 0.0596. The molecule has 1 N–H and O–H groups in total. The first-order valence-electron chi connectivity index (χ1n) is 7.84. The van der Waals surface area contributed by atoms with Gasteiger partial charge in [0, 0.05) is 15.9 Å². The Morgan fingerprint density at radius 3 is 2.82 bits per heavy atom. The van der Waals surface area contributed by atoms with E-state index >= 15 is 0 Å². The maximum atomic E-state index is 12.4. The van der Waals surface area contributed by atoms with Crippen molar-refractivity contribution in [3.8, 4) is 0 Å². The van der Waals surface area contributed by atoms with Gasteiger partial charge in [0.1, 0.15) is 0 Å². The first-order valence-corrected chi connectivity index (χ1v) is 9.45.